The lowest BCUT2D eigenvalue weighted by molar-refractivity contribution is -0.144. The van der Waals surface area contributed by atoms with E-state index in [4.69, 9.17) is 4.74 Å². The van der Waals surface area contributed by atoms with Crippen molar-refractivity contribution in [2.24, 2.45) is 0 Å². The molecule has 138 valence electrons. The van der Waals surface area contributed by atoms with Gasteiger partial charge in [0.1, 0.15) is 6.04 Å². The number of para-hydroxylation sites is 1. The molecule has 0 fully saturated rings. The van der Waals surface area contributed by atoms with Crippen molar-refractivity contribution < 1.29 is 19.1 Å². The second-order valence-corrected chi connectivity index (χ2v) is 6.26. The summed E-state index contributed by atoms with van der Waals surface area (Å²) >= 11 is 0. The van der Waals surface area contributed by atoms with Gasteiger partial charge in [0.15, 0.2) is 6.61 Å². The molecule has 27 heavy (non-hydrogen) atoms. The summed E-state index contributed by atoms with van der Waals surface area (Å²) in [6, 6.07) is 15.2. The number of esters is 1. The number of Topliss-reactive ketones (excluding diaryl/α,β-unsaturated/α-hetero) is 1. The third-order valence-electron chi connectivity index (χ3n) is 4.26. The Labute approximate surface area is 156 Å². The van der Waals surface area contributed by atoms with E-state index < -0.39 is 12.0 Å². The van der Waals surface area contributed by atoms with E-state index in [2.05, 4.69) is 10.3 Å². The minimum Gasteiger partial charge on any atom is -0.456 e. The number of aromatic amines is 1. The lowest BCUT2D eigenvalue weighted by Crippen LogP contribution is -2.40. The first kappa shape index (κ1) is 18.4. The van der Waals surface area contributed by atoms with Crippen molar-refractivity contribution in [1.29, 1.82) is 0 Å². The molecule has 3 aromatic rings. The SMILES string of the molecule is Cc1[nH]c2ccccc2c1C(=O)COC(=O)[C@H](C)NC(=O)c1ccccc1. The van der Waals surface area contributed by atoms with Crippen molar-refractivity contribution in [2.45, 2.75) is 19.9 Å². The number of carbonyl (C=O) groups excluding carboxylic acids is 3. The van der Waals surface area contributed by atoms with Gasteiger partial charge in [-0.2, -0.15) is 0 Å². The number of benzene rings is 2. The number of ketones is 1. The fraction of sp³-hybridized carbons (Fsp3) is 0.190. The number of fused-ring (bicyclic) bond motifs is 1. The van der Waals surface area contributed by atoms with Crippen LogP contribution >= 0.6 is 0 Å². The molecule has 2 aromatic carbocycles. The number of carbonyl (C=O) groups is 3. The standard InChI is InChI=1S/C21H20N2O4/c1-13-19(16-10-6-7-11-17(16)22-13)18(24)12-27-21(26)14(2)23-20(25)15-8-4-3-5-9-15/h3-11,14,22H,12H2,1-2H3,(H,23,25)/t14-/m0/s1. The summed E-state index contributed by atoms with van der Waals surface area (Å²) in [4.78, 5) is 39.9. The van der Waals surface area contributed by atoms with Crippen LogP contribution in [0.1, 0.15) is 33.3 Å². The van der Waals surface area contributed by atoms with Gasteiger partial charge in [-0.15, -0.1) is 0 Å². The molecular weight excluding hydrogens is 344 g/mol. The van der Waals surface area contributed by atoms with Gasteiger partial charge in [-0.05, 0) is 32.0 Å². The number of H-pyrrole nitrogens is 1. The molecule has 0 aliphatic heterocycles. The molecule has 0 unspecified atom stereocenters. The number of hydrogen-bond donors (Lipinski definition) is 2. The fourth-order valence-electron chi connectivity index (χ4n) is 2.90. The number of nitrogens with one attached hydrogen (secondary N) is 2. The zero-order chi connectivity index (χ0) is 19.4. The summed E-state index contributed by atoms with van der Waals surface area (Å²) in [5, 5.41) is 3.36. The molecule has 6 nitrogen and oxygen atoms in total. The maximum atomic E-state index is 12.5. The highest BCUT2D eigenvalue weighted by atomic mass is 16.5. The van der Waals surface area contributed by atoms with Gasteiger partial charge in [-0.3, -0.25) is 9.59 Å². The molecule has 0 radical (unpaired) electrons. The van der Waals surface area contributed by atoms with E-state index in [9.17, 15) is 14.4 Å². The summed E-state index contributed by atoms with van der Waals surface area (Å²) in [5.74, 6) is -1.33. The van der Waals surface area contributed by atoms with Crippen molar-refractivity contribution >= 4 is 28.6 Å². The van der Waals surface area contributed by atoms with E-state index in [0.29, 0.717) is 11.1 Å². The number of ether oxygens (including phenoxy) is 1. The molecule has 1 atom stereocenters. The van der Waals surface area contributed by atoms with Crippen molar-refractivity contribution in [3.8, 4) is 0 Å². The van der Waals surface area contributed by atoms with E-state index in [1.807, 2.05) is 24.3 Å². The molecule has 0 aliphatic carbocycles. The molecule has 0 saturated heterocycles. The number of hydrogen-bond acceptors (Lipinski definition) is 4. The molecule has 0 spiro atoms. The molecule has 1 heterocycles. The highest BCUT2D eigenvalue weighted by Gasteiger charge is 2.21. The van der Waals surface area contributed by atoms with Crippen LogP contribution in [0.5, 0.6) is 0 Å². The summed E-state index contributed by atoms with van der Waals surface area (Å²) in [6.07, 6.45) is 0. The quantitative estimate of drug-likeness (QED) is 0.520. The predicted octanol–water partition coefficient (Wildman–Crippen LogP) is 3.02. The Balaban J connectivity index is 1.60. The average Bonchev–Trinajstić information content (AvgIpc) is 3.02. The van der Waals surface area contributed by atoms with Gasteiger partial charge in [0, 0.05) is 27.7 Å². The van der Waals surface area contributed by atoms with Crippen LogP contribution in [0.3, 0.4) is 0 Å². The van der Waals surface area contributed by atoms with Crippen LogP contribution < -0.4 is 5.32 Å². The first-order valence-electron chi connectivity index (χ1n) is 8.60. The summed E-state index contributed by atoms with van der Waals surface area (Å²) in [5.41, 5.74) is 2.54. The largest absolute Gasteiger partial charge is 0.456 e. The Morgan fingerprint density at radius 2 is 1.70 bits per heavy atom. The first-order chi connectivity index (χ1) is 13.0. The molecule has 1 aromatic heterocycles. The van der Waals surface area contributed by atoms with Crippen LogP contribution in [0.25, 0.3) is 10.9 Å². The summed E-state index contributed by atoms with van der Waals surface area (Å²) in [7, 11) is 0. The Hall–Kier alpha value is -3.41. The van der Waals surface area contributed by atoms with Crippen molar-refractivity contribution in [3.05, 3.63) is 71.4 Å². The highest BCUT2D eigenvalue weighted by Crippen LogP contribution is 2.22. The predicted molar refractivity (Wildman–Crippen MR) is 102 cm³/mol. The van der Waals surface area contributed by atoms with Gasteiger partial charge in [0.2, 0.25) is 5.78 Å². The van der Waals surface area contributed by atoms with Gasteiger partial charge < -0.3 is 15.0 Å². The van der Waals surface area contributed by atoms with E-state index in [0.717, 1.165) is 16.6 Å². The van der Waals surface area contributed by atoms with Crippen LogP contribution in [0, 0.1) is 6.92 Å². The smallest absolute Gasteiger partial charge is 0.328 e. The van der Waals surface area contributed by atoms with Crippen LogP contribution in [-0.4, -0.2) is 35.3 Å². The maximum Gasteiger partial charge on any atom is 0.328 e. The van der Waals surface area contributed by atoms with E-state index in [-0.39, 0.29) is 18.3 Å². The van der Waals surface area contributed by atoms with Crippen molar-refractivity contribution in [3.63, 3.8) is 0 Å². The fourth-order valence-corrected chi connectivity index (χ4v) is 2.90. The Bertz CT molecular complexity index is 992. The molecule has 0 saturated carbocycles. The van der Waals surface area contributed by atoms with Crippen LogP contribution in [0.4, 0.5) is 0 Å². The van der Waals surface area contributed by atoms with Crippen molar-refractivity contribution in [1.82, 2.24) is 10.3 Å². The Morgan fingerprint density at radius 3 is 2.44 bits per heavy atom. The molecule has 2 N–H and O–H groups in total. The van der Waals surface area contributed by atoms with Crippen LogP contribution in [0.15, 0.2) is 54.6 Å². The first-order valence-corrected chi connectivity index (χ1v) is 8.60. The normalized spacial score (nSPS) is 11.8. The van der Waals surface area contributed by atoms with Gasteiger partial charge >= 0.3 is 5.97 Å². The molecule has 0 aliphatic rings. The van der Waals surface area contributed by atoms with Crippen molar-refractivity contribution in [2.75, 3.05) is 6.61 Å². The van der Waals surface area contributed by atoms with E-state index in [1.165, 1.54) is 6.92 Å². The second-order valence-electron chi connectivity index (χ2n) is 6.26. The zero-order valence-corrected chi connectivity index (χ0v) is 15.1. The number of aryl methyl sites for hydroxylation is 1. The highest BCUT2D eigenvalue weighted by molar-refractivity contribution is 6.10. The van der Waals surface area contributed by atoms with E-state index >= 15 is 0 Å². The third kappa shape index (κ3) is 4.06. The number of rotatable bonds is 6. The van der Waals surface area contributed by atoms with Gasteiger partial charge in [0.05, 0.1) is 0 Å². The monoisotopic (exact) mass is 364 g/mol. The Morgan fingerprint density at radius 1 is 1.04 bits per heavy atom. The molecular formula is C21H20N2O4. The van der Waals surface area contributed by atoms with Crippen LogP contribution in [0.2, 0.25) is 0 Å². The molecule has 3 rings (SSSR count). The third-order valence-corrected chi connectivity index (χ3v) is 4.26. The second kappa shape index (κ2) is 7.86. The lowest BCUT2D eigenvalue weighted by atomic mass is 10.1. The molecule has 6 heteroatoms. The summed E-state index contributed by atoms with van der Waals surface area (Å²) < 4.78 is 5.11. The van der Waals surface area contributed by atoms with Crippen LogP contribution in [-0.2, 0) is 9.53 Å². The van der Waals surface area contributed by atoms with Gasteiger partial charge in [0.25, 0.3) is 5.91 Å². The lowest BCUT2D eigenvalue weighted by Gasteiger charge is -2.13. The number of amides is 1. The average molecular weight is 364 g/mol. The van der Waals surface area contributed by atoms with Gasteiger partial charge in [-0.1, -0.05) is 36.4 Å². The maximum absolute atomic E-state index is 12.5. The minimum absolute atomic E-state index is 0.292. The zero-order valence-electron chi connectivity index (χ0n) is 15.1. The summed E-state index contributed by atoms with van der Waals surface area (Å²) in [6.45, 7) is 2.94. The van der Waals surface area contributed by atoms with E-state index in [1.54, 1.807) is 37.3 Å². The minimum atomic E-state index is -0.866. The molecule has 1 amide bonds. The molecule has 0 bridgehead atoms. The topological polar surface area (TPSA) is 88.3 Å². The Kier molecular flexibility index (Phi) is 5.35. The van der Waals surface area contributed by atoms with Gasteiger partial charge in [-0.25, -0.2) is 4.79 Å². The number of aromatic nitrogens is 1.